The highest BCUT2D eigenvalue weighted by molar-refractivity contribution is 5.74. The van der Waals surface area contributed by atoms with Crippen LogP contribution in [0.4, 0.5) is 0 Å². The SMILES string of the molecule is NC(=O)Cn1ccn2nc(-c3ccccc3)c(CO)c2c1=O. The molecule has 0 atom stereocenters. The number of carbonyl (C=O) groups excluding carboxylic acids is 1. The number of hydrogen-bond donors (Lipinski definition) is 2. The van der Waals surface area contributed by atoms with Crippen LogP contribution in [0, 0.1) is 0 Å². The molecule has 7 heteroatoms. The molecule has 3 rings (SSSR count). The van der Waals surface area contributed by atoms with Gasteiger partial charge in [-0.1, -0.05) is 30.3 Å². The number of primary amides is 1. The highest BCUT2D eigenvalue weighted by atomic mass is 16.3. The summed E-state index contributed by atoms with van der Waals surface area (Å²) in [5, 5.41) is 14.0. The predicted molar refractivity (Wildman–Crippen MR) is 80.0 cm³/mol. The molecule has 112 valence electrons. The van der Waals surface area contributed by atoms with Gasteiger partial charge in [-0.3, -0.25) is 9.59 Å². The van der Waals surface area contributed by atoms with Gasteiger partial charge in [-0.2, -0.15) is 5.10 Å². The fourth-order valence-electron chi connectivity index (χ4n) is 2.42. The van der Waals surface area contributed by atoms with Crippen LogP contribution in [0.2, 0.25) is 0 Å². The van der Waals surface area contributed by atoms with Gasteiger partial charge < -0.3 is 15.4 Å². The van der Waals surface area contributed by atoms with Crippen LogP contribution in [0.15, 0.2) is 47.5 Å². The monoisotopic (exact) mass is 298 g/mol. The first-order chi connectivity index (χ1) is 10.6. The van der Waals surface area contributed by atoms with Crippen LogP contribution in [-0.4, -0.2) is 25.2 Å². The Hall–Kier alpha value is -2.93. The maximum atomic E-state index is 12.5. The van der Waals surface area contributed by atoms with E-state index >= 15 is 0 Å². The van der Waals surface area contributed by atoms with Crippen molar-refractivity contribution in [2.24, 2.45) is 5.73 Å². The summed E-state index contributed by atoms with van der Waals surface area (Å²) in [6, 6.07) is 9.28. The zero-order valence-electron chi connectivity index (χ0n) is 11.6. The number of nitrogens with two attached hydrogens (primary N) is 1. The van der Waals surface area contributed by atoms with Gasteiger partial charge in [0.2, 0.25) is 5.91 Å². The van der Waals surface area contributed by atoms with E-state index in [-0.39, 0.29) is 18.7 Å². The lowest BCUT2D eigenvalue weighted by Crippen LogP contribution is -2.28. The van der Waals surface area contributed by atoms with E-state index in [0.29, 0.717) is 11.3 Å². The minimum atomic E-state index is -0.611. The quantitative estimate of drug-likeness (QED) is 0.715. The molecule has 0 radical (unpaired) electrons. The molecule has 3 aromatic rings. The van der Waals surface area contributed by atoms with Gasteiger partial charge >= 0.3 is 0 Å². The van der Waals surface area contributed by atoms with Crippen molar-refractivity contribution >= 4 is 11.4 Å². The summed E-state index contributed by atoms with van der Waals surface area (Å²) in [6.07, 6.45) is 3.01. The van der Waals surface area contributed by atoms with E-state index in [1.165, 1.54) is 15.3 Å². The van der Waals surface area contributed by atoms with Crippen LogP contribution in [0.1, 0.15) is 5.56 Å². The topological polar surface area (TPSA) is 103 Å². The van der Waals surface area contributed by atoms with Gasteiger partial charge in [0.15, 0.2) is 0 Å². The summed E-state index contributed by atoms with van der Waals surface area (Å²) in [5.74, 6) is -0.611. The molecule has 3 N–H and O–H groups in total. The zero-order valence-corrected chi connectivity index (χ0v) is 11.6. The molecule has 1 aromatic carbocycles. The molecule has 2 heterocycles. The van der Waals surface area contributed by atoms with Gasteiger partial charge in [0, 0.05) is 23.5 Å². The van der Waals surface area contributed by atoms with Crippen molar-refractivity contribution in [3.8, 4) is 11.3 Å². The van der Waals surface area contributed by atoms with Gasteiger partial charge in [0.25, 0.3) is 5.56 Å². The lowest BCUT2D eigenvalue weighted by molar-refractivity contribution is -0.118. The molecule has 0 aliphatic rings. The summed E-state index contributed by atoms with van der Waals surface area (Å²) in [4.78, 5) is 23.5. The Morgan fingerprint density at radius 1 is 1.23 bits per heavy atom. The van der Waals surface area contributed by atoms with E-state index in [1.807, 2.05) is 30.3 Å². The number of nitrogens with zero attached hydrogens (tertiary/aromatic N) is 3. The van der Waals surface area contributed by atoms with Gasteiger partial charge in [-0.15, -0.1) is 0 Å². The van der Waals surface area contributed by atoms with Crippen LogP contribution in [0.3, 0.4) is 0 Å². The lowest BCUT2D eigenvalue weighted by atomic mass is 10.1. The molecule has 22 heavy (non-hydrogen) atoms. The van der Waals surface area contributed by atoms with Gasteiger partial charge in [0.1, 0.15) is 12.1 Å². The van der Waals surface area contributed by atoms with Crippen LogP contribution >= 0.6 is 0 Å². The molecule has 1 amide bonds. The summed E-state index contributed by atoms with van der Waals surface area (Å²) in [6.45, 7) is -0.546. The Balaban J connectivity index is 2.28. The Kier molecular flexibility index (Phi) is 3.48. The van der Waals surface area contributed by atoms with Crippen LogP contribution in [0.5, 0.6) is 0 Å². The van der Waals surface area contributed by atoms with Crippen LogP contribution in [0.25, 0.3) is 16.8 Å². The second-order valence-electron chi connectivity index (χ2n) is 4.84. The van der Waals surface area contributed by atoms with Gasteiger partial charge in [0.05, 0.1) is 12.3 Å². The molecule has 2 aromatic heterocycles. The molecule has 0 fully saturated rings. The highest BCUT2D eigenvalue weighted by Crippen LogP contribution is 2.24. The first kappa shape index (κ1) is 14.0. The summed E-state index contributed by atoms with van der Waals surface area (Å²) >= 11 is 0. The number of rotatable bonds is 4. The minimum Gasteiger partial charge on any atom is -0.392 e. The van der Waals surface area contributed by atoms with Gasteiger partial charge in [-0.25, -0.2) is 4.52 Å². The maximum Gasteiger partial charge on any atom is 0.277 e. The molecule has 0 saturated heterocycles. The number of fused-ring (bicyclic) bond motifs is 1. The average molecular weight is 298 g/mol. The standard InChI is InChI=1S/C15H14N4O3/c16-12(21)8-18-6-7-19-14(15(18)22)11(9-20)13(17-19)10-4-2-1-3-5-10/h1-7,20H,8-9H2,(H2,16,21). The van der Waals surface area contributed by atoms with E-state index in [2.05, 4.69) is 5.10 Å². The molecule has 0 saturated carbocycles. The van der Waals surface area contributed by atoms with E-state index in [9.17, 15) is 14.7 Å². The van der Waals surface area contributed by atoms with E-state index in [0.717, 1.165) is 5.56 Å². The lowest BCUT2D eigenvalue weighted by Gasteiger charge is -2.03. The van der Waals surface area contributed by atoms with Crippen molar-refractivity contribution in [2.45, 2.75) is 13.2 Å². The molecule has 0 aliphatic carbocycles. The van der Waals surface area contributed by atoms with Crippen molar-refractivity contribution in [2.75, 3.05) is 0 Å². The first-order valence-electron chi connectivity index (χ1n) is 6.67. The molecule has 7 nitrogen and oxygen atoms in total. The number of aliphatic hydroxyl groups excluding tert-OH is 1. The van der Waals surface area contributed by atoms with E-state index < -0.39 is 11.5 Å². The second kappa shape index (κ2) is 5.45. The molecular weight excluding hydrogens is 284 g/mol. The van der Waals surface area contributed by atoms with Gasteiger partial charge in [-0.05, 0) is 0 Å². The van der Waals surface area contributed by atoms with Crippen molar-refractivity contribution in [1.29, 1.82) is 0 Å². The fourth-order valence-corrected chi connectivity index (χ4v) is 2.42. The Morgan fingerprint density at radius 2 is 1.95 bits per heavy atom. The Morgan fingerprint density at radius 3 is 2.59 bits per heavy atom. The molecule has 0 aliphatic heterocycles. The predicted octanol–water partition coefficient (Wildman–Crippen LogP) is 0.141. The highest BCUT2D eigenvalue weighted by Gasteiger charge is 2.17. The maximum absolute atomic E-state index is 12.5. The fraction of sp³-hybridized carbons (Fsp3) is 0.133. The summed E-state index contributed by atoms with van der Waals surface area (Å²) in [5.41, 5.74) is 6.72. The normalized spacial score (nSPS) is 11.0. The number of aromatic nitrogens is 3. The molecule has 0 bridgehead atoms. The Bertz CT molecular complexity index is 896. The Labute approximate surface area is 125 Å². The summed E-state index contributed by atoms with van der Waals surface area (Å²) < 4.78 is 2.61. The van der Waals surface area contributed by atoms with E-state index in [4.69, 9.17) is 5.73 Å². The van der Waals surface area contributed by atoms with Crippen molar-refractivity contribution in [3.63, 3.8) is 0 Å². The number of amides is 1. The van der Waals surface area contributed by atoms with Crippen LogP contribution in [-0.2, 0) is 17.9 Å². The van der Waals surface area contributed by atoms with Crippen molar-refractivity contribution in [1.82, 2.24) is 14.2 Å². The minimum absolute atomic E-state index is 0.216. The molecule has 0 spiro atoms. The average Bonchev–Trinajstić information content (AvgIpc) is 2.90. The molecular formula is C15H14N4O3. The third kappa shape index (κ3) is 2.27. The van der Waals surface area contributed by atoms with Crippen LogP contribution < -0.4 is 11.3 Å². The summed E-state index contributed by atoms with van der Waals surface area (Å²) in [7, 11) is 0. The number of benzene rings is 1. The van der Waals surface area contributed by atoms with Crippen molar-refractivity contribution in [3.05, 3.63) is 58.6 Å². The first-order valence-corrected chi connectivity index (χ1v) is 6.67. The zero-order chi connectivity index (χ0) is 15.7. The number of hydrogen-bond acceptors (Lipinski definition) is 4. The largest absolute Gasteiger partial charge is 0.392 e. The smallest absolute Gasteiger partial charge is 0.277 e. The van der Waals surface area contributed by atoms with E-state index in [1.54, 1.807) is 6.20 Å². The third-order valence-electron chi connectivity index (χ3n) is 3.39. The number of aliphatic hydroxyl groups is 1. The second-order valence-corrected chi connectivity index (χ2v) is 4.84. The third-order valence-corrected chi connectivity index (χ3v) is 3.39. The van der Waals surface area contributed by atoms with Crippen molar-refractivity contribution < 1.29 is 9.90 Å². The molecule has 0 unspecified atom stereocenters. The number of carbonyl (C=O) groups is 1.